The summed E-state index contributed by atoms with van der Waals surface area (Å²) in [5.41, 5.74) is 10.5. The van der Waals surface area contributed by atoms with Crippen LogP contribution in [-0.2, 0) is 24.5 Å². The number of piperidine rings is 1. The number of esters is 2. The Balaban J connectivity index is 1.24. The zero-order valence-corrected chi connectivity index (χ0v) is 26.1. The molecule has 8 heteroatoms. The first-order valence-electron chi connectivity index (χ1n) is 15.2. The molecule has 0 saturated carbocycles. The summed E-state index contributed by atoms with van der Waals surface area (Å²) in [5, 5.41) is 3.40. The zero-order chi connectivity index (χ0) is 31.1. The van der Waals surface area contributed by atoms with Crippen LogP contribution < -0.4 is 11.1 Å². The van der Waals surface area contributed by atoms with Gasteiger partial charge >= 0.3 is 11.9 Å². The molecule has 2 heterocycles. The molecule has 2 aliphatic rings. The average Bonchev–Trinajstić information content (AvgIpc) is 3.04. The standard InChI is InChI=1S/C36H40ClN3O4/c1-3-43-35(42)32-31(28-17-10-11-18-29(28)37)30(25(2)39-33(32)38)34(41)44-24-12-21-40-22-19-36(20-23-40,26-13-6-4-7-14-26)27-15-8-5-9-16-27/h4-11,13-18,31,39H,3,12,19-24,38H2,1-2H3. The van der Waals surface area contributed by atoms with Crippen LogP contribution in [0.2, 0.25) is 5.02 Å². The fourth-order valence-electron chi connectivity index (χ4n) is 6.53. The highest BCUT2D eigenvalue weighted by Gasteiger charge is 2.40. The van der Waals surface area contributed by atoms with Gasteiger partial charge in [0.15, 0.2) is 0 Å². The Morgan fingerprint density at radius 3 is 2.05 bits per heavy atom. The molecule has 230 valence electrons. The van der Waals surface area contributed by atoms with E-state index in [0.717, 1.165) is 32.5 Å². The van der Waals surface area contributed by atoms with Gasteiger partial charge < -0.3 is 25.4 Å². The van der Waals surface area contributed by atoms with Crippen LogP contribution in [-0.4, -0.2) is 49.7 Å². The van der Waals surface area contributed by atoms with Crippen molar-refractivity contribution in [2.75, 3.05) is 32.8 Å². The predicted molar refractivity (Wildman–Crippen MR) is 173 cm³/mol. The van der Waals surface area contributed by atoms with E-state index in [1.165, 1.54) is 11.1 Å². The van der Waals surface area contributed by atoms with Crippen molar-refractivity contribution in [1.29, 1.82) is 0 Å². The van der Waals surface area contributed by atoms with Gasteiger partial charge in [-0.2, -0.15) is 0 Å². The lowest BCUT2D eigenvalue weighted by molar-refractivity contribution is -0.140. The molecule has 1 saturated heterocycles. The van der Waals surface area contributed by atoms with Crippen molar-refractivity contribution in [3.05, 3.63) is 129 Å². The number of hydrogen-bond donors (Lipinski definition) is 2. The van der Waals surface area contributed by atoms with E-state index in [-0.39, 0.29) is 30.0 Å². The van der Waals surface area contributed by atoms with Gasteiger partial charge in [-0.25, -0.2) is 9.59 Å². The Kier molecular flexibility index (Phi) is 10.1. The molecule has 3 aromatic rings. The Bertz CT molecular complexity index is 1490. The number of carbonyl (C=O) groups is 2. The van der Waals surface area contributed by atoms with Gasteiger partial charge in [0.05, 0.1) is 30.3 Å². The number of likely N-dealkylation sites (tertiary alicyclic amines) is 1. The van der Waals surface area contributed by atoms with Crippen LogP contribution in [0, 0.1) is 0 Å². The maximum atomic E-state index is 13.6. The van der Waals surface area contributed by atoms with Crippen LogP contribution in [0.5, 0.6) is 0 Å². The number of carbonyl (C=O) groups excluding carboxylic acids is 2. The number of benzene rings is 3. The van der Waals surface area contributed by atoms with Crippen LogP contribution in [0.15, 0.2) is 108 Å². The molecule has 0 aliphatic carbocycles. The zero-order valence-electron chi connectivity index (χ0n) is 25.4. The number of halogens is 1. The molecule has 2 aliphatic heterocycles. The highest BCUT2D eigenvalue weighted by molar-refractivity contribution is 6.31. The van der Waals surface area contributed by atoms with Gasteiger partial charge in [-0.1, -0.05) is 90.5 Å². The summed E-state index contributed by atoms with van der Waals surface area (Å²) < 4.78 is 11.1. The average molecular weight is 614 g/mol. The monoisotopic (exact) mass is 613 g/mol. The molecule has 3 aromatic carbocycles. The van der Waals surface area contributed by atoms with E-state index >= 15 is 0 Å². The van der Waals surface area contributed by atoms with Gasteiger partial charge in [-0.3, -0.25) is 0 Å². The summed E-state index contributed by atoms with van der Waals surface area (Å²) in [6.07, 6.45) is 2.72. The van der Waals surface area contributed by atoms with E-state index in [0.29, 0.717) is 28.3 Å². The van der Waals surface area contributed by atoms with Gasteiger partial charge in [-0.05, 0) is 69.0 Å². The topological polar surface area (TPSA) is 93.9 Å². The molecule has 1 unspecified atom stereocenters. The molecular weight excluding hydrogens is 574 g/mol. The maximum absolute atomic E-state index is 13.6. The smallest absolute Gasteiger partial charge is 0.338 e. The molecular formula is C36H40ClN3O4. The number of ether oxygens (including phenoxy) is 2. The second kappa shape index (κ2) is 14.1. The number of dihydropyridines is 1. The summed E-state index contributed by atoms with van der Waals surface area (Å²) in [6, 6.07) is 28.7. The third kappa shape index (κ3) is 6.54. The number of nitrogens with one attached hydrogen (secondary N) is 1. The fourth-order valence-corrected chi connectivity index (χ4v) is 6.77. The lowest BCUT2D eigenvalue weighted by Crippen LogP contribution is -2.43. The van der Waals surface area contributed by atoms with Gasteiger partial charge in [0.1, 0.15) is 5.82 Å². The molecule has 0 aromatic heterocycles. The first-order chi connectivity index (χ1) is 21.4. The van der Waals surface area contributed by atoms with Crippen molar-refractivity contribution in [2.24, 2.45) is 5.73 Å². The molecule has 7 nitrogen and oxygen atoms in total. The van der Waals surface area contributed by atoms with Gasteiger partial charge in [0.25, 0.3) is 0 Å². The minimum absolute atomic E-state index is 0.0107. The third-order valence-corrected chi connectivity index (χ3v) is 9.08. The first-order valence-corrected chi connectivity index (χ1v) is 15.6. The van der Waals surface area contributed by atoms with Crippen LogP contribution in [0.4, 0.5) is 0 Å². The second-order valence-corrected chi connectivity index (χ2v) is 11.7. The van der Waals surface area contributed by atoms with Crippen LogP contribution >= 0.6 is 11.6 Å². The van der Waals surface area contributed by atoms with E-state index in [4.69, 9.17) is 26.8 Å². The van der Waals surface area contributed by atoms with Crippen molar-refractivity contribution < 1.29 is 19.1 Å². The Morgan fingerprint density at radius 2 is 1.45 bits per heavy atom. The molecule has 5 rings (SSSR count). The minimum Gasteiger partial charge on any atom is -0.463 e. The minimum atomic E-state index is -0.817. The highest BCUT2D eigenvalue weighted by Crippen LogP contribution is 2.42. The predicted octanol–water partition coefficient (Wildman–Crippen LogP) is 6.05. The van der Waals surface area contributed by atoms with E-state index in [1.54, 1.807) is 32.0 Å². The van der Waals surface area contributed by atoms with Gasteiger partial charge in [0, 0.05) is 22.7 Å². The maximum Gasteiger partial charge on any atom is 0.338 e. The van der Waals surface area contributed by atoms with Gasteiger partial charge in [0.2, 0.25) is 0 Å². The van der Waals surface area contributed by atoms with Crippen molar-refractivity contribution in [1.82, 2.24) is 10.2 Å². The van der Waals surface area contributed by atoms with Gasteiger partial charge in [-0.15, -0.1) is 0 Å². The van der Waals surface area contributed by atoms with E-state index in [1.807, 2.05) is 6.07 Å². The summed E-state index contributed by atoms with van der Waals surface area (Å²) >= 11 is 6.56. The molecule has 0 spiro atoms. The normalized spacial score (nSPS) is 18.5. The molecule has 0 amide bonds. The van der Waals surface area contributed by atoms with Crippen LogP contribution in [0.1, 0.15) is 55.7 Å². The van der Waals surface area contributed by atoms with Crippen molar-refractivity contribution in [3.8, 4) is 0 Å². The SMILES string of the molecule is CCOC(=O)C1=C(N)NC(C)=C(C(=O)OCCCN2CCC(c3ccccc3)(c3ccccc3)CC2)C1c1ccccc1Cl. The molecule has 3 N–H and O–H groups in total. The van der Waals surface area contributed by atoms with Crippen LogP contribution in [0.25, 0.3) is 0 Å². The Labute approximate surface area is 264 Å². The molecule has 44 heavy (non-hydrogen) atoms. The van der Waals surface area contributed by atoms with Crippen molar-refractivity contribution >= 4 is 23.5 Å². The second-order valence-electron chi connectivity index (χ2n) is 11.3. The number of nitrogens with zero attached hydrogens (tertiary/aromatic N) is 1. The molecule has 1 atom stereocenters. The lowest BCUT2D eigenvalue weighted by Gasteiger charge is -2.43. The molecule has 0 bridgehead atoms. The molecule has 0 radical (unpaired) electrons. The summed E-state index contributed by atoms with van der Waals surface area (Å²) in [4.78, 5) is 29.1. The third-order valence-electron chi connectivity index (χ3n) is 8.74. The Hall–Kier alpha value is -4.07. The lowest BCUT2D eigenvalue weighted by atomic mass is 9.68. The highest BCUT2D eigenvalue weighted by atomic mass is 35.5. The van der Waals surface area contributed by atoms with E-state index in [2.05, 4.69) is 70.9 Å². The van der Waals surface area contributed by atoms with Crippen LogP contribution in [0.3, 0.4) is 0 Å². The number of nitrogens with two attached hydrogens (primary N) is 1. The summed E-state index contributed by atoms with van der Waals surface area (Å²) in [6.45, 7) is 6.60. The van der Waals surface area contributed by atoms with Crippen molar-refractivity contribution in [3.63, 3.8) is 0 Å². The number of allylic oxidation sites excluding steroid dienone is 1. The summed E-state index contributed by atoms with van der Waals surface area (Å²) in [5.74, 6) is -1.80. The number of rotatable bonds is 10. The number of hydrogen-bond acceptors (Lipinski definition) is 7. The quantitative estimate of drug-likeness (QED) is 0.212. The Morgan fingerprint density at radius 1 is 0.886 bits per heavy atom. The molecule has 1 fully saturated rings. The fraction of sp³-hybridized carbons (Fsp3) is 0.333. The largest absolute Gasteiger partial charge is 0.463 e. The van der Waals surface area contributed by atoms with E-state index < -0.39 is 17.9 Å². The first kappa shape index (κ1) is 31.4. The van der Waals surface area contributed by atoms with Crippen molar-refractivity contribution in [2.45, 2.75) is 44.4 Å². The summed E-state index contributed by atoms with van der Waals surface area (Å²) in [7, 11) is 0. The van der Waals surface area contributed by atoms with E-state index in [9.17, 15) is 9.59 Å².